The van der Waals surface area contributed by atoms with Gasteiger partial charge in [0.1, 0.15) is 5.54 Å². The molecule has 1 rings (SSSR count). The summed E-state index contributed by atoms with van der Waals surface area (Å²) in [6, 6.07) is -0.304. The van der Waals surface area contributed by atoms with Gasteiger partial charge in [0, 0.05) is 13.1 Å². The van der Waals surface area contributed by atoms with Gasteiger partial charge in [-0.1, -0.05) is 0 Å². The summed E-state index contributed by atoms with van der Waals surface area (Å²) in [7, 11) is 0. The highest BCUT2D eigenvalue weighted by molar-refractivity contribution is 5.85. The Kier molecular flexibility index (Phi) is 6.26. The molecule has 6 nitrogen and oxygen atoms in total. The van der Waals surface area contributed by atoms with Gasteiger partial charge in [-0.3, -0.25) is 0 Å². The van der Waals surface area contributed by atoms with Crippen LogP contribution >= 0.6 is 0 Å². The molecule has 1 heterocycles. The van der Waals surface area contributed by atoms with Crippen LogP contribution in [0.15, 0.2) is 0 Å². The highest BCUT2D eigenvalue weighted by Gasteiger charge is 2.36. The SMILES string of the molecule is CCN(C(=O)NCCCN1CCCC1)C(C)(C)C(=O)O. The Morgan fingerprint density at radius 2 is 1.90 bits per heavy atom. The van der Waals surface area contributed by atoms with E-state index in [2.05, 4.69) is 10.2 Å². The average Bonchev–Trinajstić information content (AvgIpc) is 2.88. The van der Waals surface area contributed by atoms with Gasteiger partial charge >= 0.3 is 12.0 Å². The van der Waals surface area contributed by atoms with E-state index in [4.69, 9.17) is 0 Å². The Balaban J connectivity index is 2.34. The molecule has 0 aromatic carbocycles. The van der Waals surface area contributed by atoms with E-state index in [1.807, 2.05) is 0 Å². The van der Waals surface area contributed by atoms with Crippen molar-refractivity contribution < 1.29 is 14.7 Å². The van der Waals surface area contributed by atoms with Crippen molar-refractivity contribution in [3.8, 4) is 0 Å². The average molecular weight is 285 g/mol. The Labute approximate surface area is 121 Å². The van der Waals surface area contributed by atoms with Crippen molar-refractivity contribution in [2.24, 2.45) is 0 Å². The molecule has 0 spiro atoms. The second-order valence-electron chi connectivity index (χ2n) is 5.74. The molecule has 1 aliphatic heterocycles. The van der Waals surface area contributed by atoms with Crippen molar-refractivity contribution in [2.45, 2.75) is 45.6 Å². The first-order chi connectivity index (χ1) is 9.39. The zero-order chi connectivity index (χ0) is 15.2. The fourth-order valence-corrected chi connectivity index (χ4v) is 2.51. The van der Waals surface area contributed by atoms with E-state index < -0.39 is 11.5 Å². The molecule has 0 bridgehead atoms. The molecule has 1 fully saturated rings. The molecular weight excluding hydrogens is 258 g/mol. The molecule has 0 saturated carbocycles. The highest BCUT2D eigenvalue weighted by Crippen LogP contribution is 2.14. The number of aliphatic carboxylic acids is 1. The minimum Gasteiger partial charge on any atom is -0.480 e. The normalized spacial score (nSPS) is 16.1. The third kappa shape index (κ3) is 4.37. The number of amides is 2. The fraction of sp³-hybridized carbons (Fsp3) is 0.857. The van der Waals surface area contributed by atoms with E-state index in [9.17, 15) is 14.7 Å². The van der Waals surface area contributed by atoms with Gasteiger partial charge in [0.2, 0.25) is 0 Å². The van der Waals surface area contributed by atoms with Gasteiger partial charge in [0.15, 0.2) is 0 Å². The van der Waals surface area contributed by atoms with Gasteiger partial charge in [-0.05, 0) is 59.7 Å². The maximum Gasteiger partial charge on any atom is 0.329 e. The number of urea groups is 1. The number of hydrogen-bond acceptors (Lipinski definition) is 3. The third-order valence-electron chi connectivity index (χ3n) is 3.89. The van der Waals surface area contributed by atoms with Crippen molar-refractivity contribution in [1.82, 2.24) is 15.1 Å². The van der Waals surface area contributed by atoms with Crippen molar-refractivity contribution in [2.75, 3.05) is 32.7 Å². The van der Waals surface area contributed by atoms with Gasteiger partial charge in [0.25, 0.3) is 0 Å². The van der Waals surface area contributed by atoms with Crippen LogP contribution in [0.4, 0.5) is 4.79 Å². The molecule has 6 heteroatoms. The third-order valence-corrected chi connectivity index (χ3v) is 3.89. The van der Waals surface area contributed by atoms with Crippen LogP contribution < -0.4 is 5.32 Å². The number of carboxylic acid groups (broad SMARTS) is 1. The van der Waals surface area contributed by atoms with E-state index in [-0.39, 0.29) is 6.03 Å². The zero-order valence-electron chi connectivity index (χ0n) is 12.8. The van der Waals surface area contributed by atoms with Gasteiger partial charge in [0.05, 0.1) is 0 Å². The summed E-state index contributed by atoms with van der Waals surface area (Å²) >= 11 is 0. The summed E-state index contributed by atoms with van der Waals surface area (Å²) < 4.78 is 0. The number of nitrogens with zero attached hydrogens (tertiary/aromatic N) is 2. The van der Waals surface area contributed by atoms with E-state index in [1.165, 1.54) is 17.7 Å². The molecule has 0 aromatic heterocycles. The van der Waals surface area contributed by atoms with Gasteiger partial charge in [-0.15, -0.1) is 0 Å². The lowest BCUT2D eigenvalue weighted by Gasteiger charge is -2.34. The fourth-order valence-electron chi connectivity index (χ4n) is 2.51. The number of likely N-dealkylation sites (N-methyl/N-ethyl adjacent to an activating group) is 1. The summed E-state index contributed by atoms with van der Waals surface area (Å²) in [6.07, 6.45) is 3.43. The summed E-state index contributed by atoms with van der Waals surface area (Å²) in [5, 5.41) is 12.0. The molecule has 1 saturated heterocycles. The second kappa shape index (κ2) is 7.47. The first-order valence-electron chi connectivity index (χ1n) is 7.40. The minimum absolute atomic E-state index is 0.304. The van der Waals surface area contributed by atoms with E-state index in [0.29, 0.717) is 13.1 Å². The predicted molar refractivity (Wildman–Crippen MR) is 77.8 cm³/mol. The minimum atomic E-state index is -1.19. The first kappa shape index (κ1) is 16.8. The predicted octanol–water partition coefficient (Wildman–Crippen LogP) is 1.37. The van der Waals surface area contributed by atoms with Crippen molar-refractivity contribution in [3.63, 3.8) is 0 Å². The van der Waals surface area contributed by atoms with Crippen LogP contribution in [0.1, 0.15) is 40.0 Å². The number of carboxylic acids is 1. The van der Waals surface area contributed by atoms with Gasteiger partial charge in [-0.2, -0.15) is 0 Å². The highest BCUT2D eigenvalue weighted by atomic mass is 16.4. The number of hydrogen-bond donors (Lipinski definition) is 2. The van der Waals surface area contributed by atoms with Gasteiger partial charge < -0.3 is 20.2 Å². The Bertz CT molecular complexity index is 339. The molecule has 0 unspecified atom stereocenters. The largest absolute Gasteiger partial charge is 0.480 e. The summed E-state index contributed by atoms with van der Waals surface area (Å²) in [4.78, 5) is 27.0. The molecule has 2 amide bonds. The molecular formula is C14H27N3O3. The zero-order valence-corrected chi connectivity index (χ0v) is 12.8. The topological polar surface area (TPSA) is 72.9 Å². The lowest BCUT2D eigenvalue weighted by Crippen LogP contribution is -2.56. The van der Waals surface area contributed by atoms with Crippen LogP contribution in [0, 0.1) is 0 Å². The molecule has 0 aromatic rings. The summed E-state index contributed by atoms with van der Waals surface area (Å²) in [5.41, 5.74) is -1.19. The number of carbonyl (C=O) groups excluding carboxylic acids is 1. The monoisotopic (exact) mass is 285 g/mol. The molecule has 0 aliphatic carbocycles. The standard InChI is InChI=1S/C14H27N3O3/c1-4-17(14(2,3)12(18)19)13(20)15-8-7-11-16-9-5-6-10-16/h4-11H2,1-3H3,(H,15,20)(H,18,19). The molecule has 0 radical (unpaired) electrons. The maximum atomic E-state index is 12.1. The number of nitrogens with one attached hydrogen (secondary N) is 1. The first-order valence-corrected chi connectivity index (χ1v) is 7.40. The van der Waals surface area contributed by atoms with E-state index >= 15 is 0 Å². The van der Waals surface area contributed by atoms with Crippen LogP contribution in [0.2, 0.25) is 0 Å². The molecule has 0 atom stereocenters. The second-order valence-corrected chi connectivity index (χ2v) is 5.74. The van der Waals surface area contributed by atoms with Crippen LogP contribution in [0.3, 0.4) is 0 Å². The van der Waals surface area contributed by atoms with Crippen molar-refractivity contribution >= 4 is 12.0 Å². The Morgan fingerprint density at radius 3 is 2.40 bits per heavy atom. The van der Waals surface area contributed by atoms with Gasteiger partial charge in [-0.25, -0.2) is 9.59 Å². The number of carbonyl (C=O) groups is 2. The van der Waals surface area contributed by atoms with E-state index in [1.54, 1.807) is 20.8 Å². The molecule has 2 N–H and O–H groups in total. The Morgan fingerprint density at radius 1 is 1.30 bits per heavy atom. The Hall–Kier alpha value is -1.30. The van der Waals surface area contributed by atoms with Crippen LogP contribution in [-0.4, -0.2) is 65.2 Å². The molecule has 1 aliphatic rings. The number of likely N-dealkylation sites (tertiary alicyclic amines) is 1. The van der Waals surface area contributed by atoms with Crippen molar-refractivity contribution in [3.05, 3.63) is 0 Å². The number of rotatable bonds is 7. The summed E-state index contributed by atoms with van der Waals surface area (Å²) in [6.45, 7) is 9.13. The lowest BCUT2D eigenvalue weighted by atomic mass is 10.0. The smallest absolute Gasteiger partial charge is 0.329 e. The maximum absolute atomic E-state index is 12.1. The summed E-state index contributed by atoms with van der Waals surface area (Å²) in [5.74, 6) is -0.994. The lowest BCUT2D eigenvalue weighted by molar-refractivity contribution is -0.147. The quantitative estimate of drug-likeness (QED) is 0.693. The van der Waals surface area contributed by atoms with Crippen LogP contribution in [0.5, 0.6) is 0 Å². The van der Waals surface area contributed by atoms with Crippen LogP contribution in [0.25, 0.3) is 0 Å². The molecule has 20 heavy (non-hydrogen) atoms. The van der Waals surface area contributed by atoms with E-state index in [0.717, 1.165) is 26.1 Å². The van der Waals surface area contributed by atoms with Crippen LogP contribution in [-0.2, 0) is 4.79 Å². The molecule has 116 valence electrons. The van der Waals surface area contributed by atoms with Crippen molar-refractivity contribution in [1.29, 1.82) is 0 Å².